The fourth-order valence-electron chi connectivity index (χ4n) is 2.22. The minimum absolute atomic E-state index is 0.205. The average molecular weight is 255 g/mol. The van der Waals surface area contributed by atoms with Gasteiger partial charge in [0.25, 0.3) is 0 Å². The number of anilines is 1. The van der Waals surface area contributed by atoms with Crippen LogP contribution in [0, 0.1) is 0 Å². The van der Waals surface area contributed by atoms with Gasteiger partial charge in [-0.25, -0.2) is 0 Å². The van der Waals surface area contributed by atoms with E-state index in [1.54, 1.807) is 7.11 Å². The van der Waals surface area contributed by atoms with Crippen molar-refractivity contribution in [1.82, 2.24) is 5.32 Å². The fraction of sp³-hybridized carbons (Fsp3) is 0.538. The van der Waals surface area contributed by atoms with Gasteiger partial charge in [0.2, 0.25) is 0 Å². The van der Waals surface area contributed by atoms with Crippen molar-refractivity contribution in [1.29, 1.82) is 0 Å². The van der Waals surface area contributed by atoms with Gasteiger partial charge >= 0.3 is 0 Å². The van der Waals surface area contributed by atoms with Crippen molar-refractivity contribution in [3.63, 3.8) is 0 Å². The SMILES string of the molecule is COc1ccc(NC2CNC(C)(C)C2)c(Cl)c1. The van der Waals surface area contributed by atoms with Crippen LogP contribution in [-0.2, 0) is 0 Å². The van der Waals surface area contributed by atoms with Crippen LogP contribution in [0.2, 0.25) is 5.02 Å². The van der Waals surface area contributed by atoms with Crippen LogP contribution in [0.5, 0.6) is 5.75 Å². The van der Waals surface area contributed by atoms with E-state index in [1.807, 2.05) is 18.2 Å². The van der Waals surface area contributed by atoms with Crippen LogP contribution in [0.3, 0.4) is 0 Å². The Labute approximate surface area is 107 Å². The summed E-state index contributed by atoms with van der Waals surface area (Å²) in [4.78, 5) is 0. The van der Waals surface area contributed by atoms with Gasteiger partial charge in [0.05, 0.1) is 17.8 Å². The summed E-state index contributed by atoms with van der Waals surface area (Å²) < 4.78 is 5.13. The quantitative estimate of drug-likeness (QED) is 0.870. The van der Waals surface area contributed by atoms with Crippen molar-refractivity contribution in [2.75, 3.05) is 19.0 Å². The Balaban J connectivity index is 2.04. The molecule has 1 aliphatic heterocycles. The number of hydrogen-bond acceptors (Lipinski definition) is 3. The molecule has 0 saturated carbocycles. The first kappa shape index (κ1) is 12.5. The predicted molar refractivity (Wildman–Crippen MR) is 72.1 cm³/mol. The van der Waals surface area contributed by atoms with Gasteiger partial charge in [0, 0.05) is 24.2 Å². The van der Waals surface area contributed by atoms with E-state index < -0.39 is 0 Å². The summed E-state index contributed by atoms with van der Waals surface area (Å²) in [5.74, 6) is 0.783. The minimum Gasteiger partial charge on any atom is -0.497 e. The van der Waals surface area contributed by atoms with E-state index in [0.29, 0.717) is 11.1 Å². The summed E-state index contributed by atoms with van der Waals surface area (Å²) in [5, 5.41) is 7.65. The lowest BCUT2D eigenvalue weighted by Crippen LogP contribution is -2.31. The van der Waals surface area contributed by atoms with Gasteiger partial charge < -0.3 is 15.4 Å². The average Bonchev–Trinajstić information content (AvgIpc) is 2.61. The minimum atomic E-state index is 0.205. The molecule has 3 nitrogen and oxygen atoms in total. The first-order valence-corrected chi connectivity index (χ1v) is 6.23. The molecule has 17 heavy (non-hydrogen) atoms. The van der Waals surface area contributed by atoms with Crippen LogP contribution in [-0.4, -0.2) is 25.2 Å². The topological polar surface area (TPSA) is 33.3 Å². The molecule has 94 valence electrons. The smallest absolute Gasteiger partial charge is 0.120 e. The molecule has 1 fully saturated rings. The number of halogens is 1. The molecule has 1 aliphatic rings. The van der Waals surface area contributed by atoms with Crippen LogP contribution in [0.25, 0.3) is 0 Å². The van der Waals surface area contributed by atoms with Crippen LogP contribution in [0.1, 0.15) is 20.3 Å². The van der Waals surface area contributed by atoms with Crippen molar-refractivity contribution in [2.24, 2.45) is 0 Å². The molecule has 4 heteroatoms. The van der Waals surface area contributed by atoms with Crippen LogP contribution < -0.4 is 15.4 Å². The molecule has 1 aromatic rings. The monoisotopic (exact) mass is 254 g/mol. The Hall–Kier alpha value is -0.930. The van der Waals surface area contributed by atoms with Crippen molar-refractivity contribution in [2.45, 2.75) is 31.8 Å². The van der Waals surface area contributed by atoms with Crippen LogP contribution in [0.15, 0.2) is 18.2 Å². The fourth-order valence-corrected chi connectivity index (χ4v) is 2.45. The number of hydrogen-bond donors (Lipinski definition) is 2. The zero-order valence-electron chi connectivity index (χ0n) is 10.5. The molecule has 2 N–H and O–H groups in total. The van der Waals surface area contributed by atoms with E-state index in [-0.39, 0.29) is 5.54 Å². The molecule has 1 unspecified atom stereocenters. The van der Waals surface area contributed by atoms with E-state index in [0.717, 1.165) is 24.4 Å². The van der Waals surface area contributed by atoms with Gasteiger partial charge in [0.15, 0.2) is 0 Å². The van der Waals surface area contributed by atoms with Crippen molar-refractivity contribution >= 4 is 17.3 Å². The molecule has 1 aromatic carbocycles. The molecule has 1 heterocycles. The third-order valence-corrected chi connectivity index (χ3v) is 3.43. The summed E-state index contributed by atoms with van der Waals surface area (Å²) in [6.07, 6.45) is 1.09. The molecule has 0 spiro atoms. The van der Waals surface area contributed by atoms with E-state index in [2.05, 4.69) is 24.5 Å². The normalized spacial score (nSPS) is 22.5. The Morgan fingerprint density at radius 2 is 2.24 bits per heavy atom. The Morgan fingerprint density at radius 3 is 2.76 bits per heavy atom. The molecular weight excluding hydrogens is 236 g/mol. The second-order valence-electron chi connectivity index (χ2n) is 5.16. The highest BCUT2D eigenvalue weighted by Crippen LogP contribution is 2.29. The summed E-state index contributed by atoms with van der Waals surface area (Å²) in [5.41, 5.74) is 1.17. The second-order valence-corrected chi connectivity index (χ2v) is 5.56. The van der Waals surface area contributed by atoms with E-state index in [1.165, 1.54) is 0 Å². The molecule has 1 saturated heterocycles. The number of nitrogens with one attached hydrogen (secondary N) is 2. The summed E-state index contributed by atoms with van der Waals surface area (Å²) in [7, 11) is 1.64. The molecule has 1 atom stereocenters. The highest BCUT2D eigenvalue weighted by molar-refractivity contribution is 6.33. The van der Waals surface area contributed by atoms with Crippen molar-refractivity contribution in [3.8, 4) is 5.75 Å². The number of rotatable bonds is 3. The van der Waals surface area contributed by atoms with Gasteiger partial charge in [-0.05, 0) is 32.4 Å². The first-order chi connectivity index (χ1) is 8.00. The predicted octanol–water partition coefficient (Wildman–Crippen LogP) is 2.90. The standard InChI is InChI=1S/C13H19ClN2O/c1-13(2)7-9(8-15-13)16-12-5-4-10(17-3)6-11(12)14/h4-6,9,15-16H,7-8H2,1-3H3. The van der Waals surface area contributed by atoms with Gasteiger partial charge in [-0.2, -0.15) is 0 Å². The molecular formula is C13H19ClN2O. The maximum atomic E-state index is 6.19. The van der Waals surface area contributed by atoms with E-state index in [4.69, 9.17) is 16.3 Å². The van der Waals surface area contributed by atoms with Crippen LogP contribution >= 0.6 is 11.6 Å². The highest BCUT2D eigenvalue weighted by atomic mass is 35.5. The Morgan fingerprint density at radius 1 is 1.47 bits per heavy atom. The maximum absolute atomic E-state index is 6.19. The number of benzene rings is 1. The molecule has 0 radical (unpaired) electrons. The number of ether oxygens (including phenoxy) is 1. The third kappa shape index (κ3) is 3.05. The van der Waals surface area contributed by atoms with Gasteiger partial charge in [-0.15, -0.1) is 0 Å². The number of methoxy groups -OCH3 is 1. The van der Waals surface area contributed by atoms with Crippen molar-refractivity contribution < 1.29 is 4.74 Å². The highest BCUT2D eigenvalue weighted by Gasteiger charge is 2.30. The molecule has 0 bridgehead atoms. The largest absolute Gasteiger partial charge is 0.497 e. The van der Waals surface area contributed by atoms with E-state index >= 15 is 0 Å². The Bertz CT molecular complexity index is 406. The lowest BCUT2D eigenvalue weighted by molar-refractivity contribution is 0.415. The summed E-state index contributed by atoms with van der Waals surface area (Å²) in [6, 6.07) is 6.14. The molecule has 0 aliphatic carbocycles. The zero-order chi connectivity index (χ0) is 12.5. The first-order valence-electron chi connectivity index (χ1n) is 5.85. The zero-order valence-corrected chi connectivity index (χ0v) is 11.3. The molecule has 2 rings (SSSR count). The second kappa shape index (κ2) is 4.75. The molecule has 0 amide bonds. The maximum Gasteiger partial charge on any atom is 0.120 e. The van der Waals surface area contributed by atoms with Gasteiger partial charge in [-0.1, -0.05) is 11.6 Å². The summed E-state index contributed by atoms with van der Waals surface area (Å²) >= 11 is 6.19. The lowest BCUT2D eigenvalue weighted by atomic mass is 10.0. The Kier molecular flexibility index (Phi) is 3.50. The van der Waals surface area contributed by atoms with Crippen LogP contribution in [0.4, 0.5) is 5.69 Å². The molecule has 0 aromatic heterocycles. The lowest BCUT2D eigenvalue weighted by Gasteiger charge is -2.18. The summed E-state index contributed by atoms with van der Waals surface area (Å²) in [6.45, 7) is 5.39. The van der Waals surface area contributed by atoms with Gasteiger partial charge in [-0.3, -0.25) is 0 Å². The van der Waals surface area contributed by atoms with Gasteiger partial charge in [0.1, 0.15) is 5.75 Å². The third-order valence-electron chi connectivity index (χ3n) is 3.12. The van der Waals surface area contributed by atoms with E-state index in [9.17, 15) is 0 Å². The van der Waals surface area contributed by atoms with Crippen molar-refractivity contribution in [3.05, 3.63) is 23.2 Å².